The Balaban J connectivity index is 1.38. The Morgan fingerprint density at radius 1 is 1.16 bits per heavy atom. The molecule has 3 atom stereocenters. The van der Waals surface area contributed by atoms with Crippen LogP contribution in [0.15, 0.2) is 24.3 Å². The molecule has 7 heteroatoms. The van der Waals surface area contributed by atoms with Gasteiger partial charge in [-0.3, -0.25) is 9.59 Å². The molecule has 134 valence electrons. The molecule has 6 nitrogen and oxygen atoms in total. The summed E-state index contributed by atoms with van der Waals surface area (Å²) in [7, 11) is -3.02. The quantitative estimate of drug-likeness (QED) is 0.866. The fourth-order valence-electron chi connectivity index (χ4n) is 3.94. The zero-order chi connectivity index (χ0) is 17.6. The number of nitrogens with zero attached hydrogens (tertiary/aromatic N) is 1. The van der Waals surface area contributed by atoms with E-state index in [-0.39, 0.29) is 41.2 Å². The van der Waals surface area contributed by atoms with Gasteiger partial charge in [0.15, 0.2) is 9.84 Å². The molecule has 4 rings (SSSR count). The van der Waals surface area contributed by atoms with Crippen LogP contribution in [0.3, 0.4) is 0 Å². The van der Waals surface area contributed by atoms with E-state index in [1.54, 1.807) is 0 Å². The van der Waals surface area contributed by atoms with Crippen molar-refractivity contribution in [1.29, 1.82) is 0 Å². The monoisotopic (exact) mass is 362 g/mol. The van der Waals surface area contributed by atoms with Gasteiger partial charge in [-0.1, -0.05) is 18.2 Å². The Labute approximate surface area is 147 Å². The molecule has 0 bridgehead atoms. The molecule has 2 fully saturated rings. The van der Waals surface area contributed by atoms with E-state index in [9.17, 15) is 18.0 Å². The lowest BCUT2D eigenvalue weighted by Gasteiger charge is -2.29. The number of para-hydroxylation sites is 1. The molecule has 2 amide bonds. The van der Waals surface area contributed by atoms with Crippen LogP contribution in [0, 0.1) is 11.8 Å². The topological polar surface area (TPSA) is 83.5 Å². The molecule has 0 aromatic heterocycles. The van der Waals surface area contributed by atoms with E-state index in [1.807, 2.05) is 29.2 Å². The second-order valence-corrected chi connectivity index (χ2v) is 9.51. The van der Waals surface area contributed by atoms with Crippen molar-refractivity contribution in [2.75, 3.05) is 23.0 Å². The van der Waals surface area contributed by atoms with Gasteiger partial charge in [-0.15, -0.1) is 0 Å². The number of rotatable bonds is 3. The van der Waals surface area contributed by atoms with Crippen molar-refractivity contribution < 1.29 is 18.0 Å². The molecule has 25 heavy (non-hydrogen) atoms. The molecule has 3 unspecified atom stereocenters. The van der Waals surface area contributed by atoms with Crippen LogP contribution in [0.5, 0.6) is 0 Å². The first-order valence-electron chi connectivity index (χ1n) is 8.85. The molecule has 2 heterocycles. The summed E-state index contributed by atoms with van der Waals surface area (Å²) in [5, 5.41) is 2.81. The first-order valence-corrected chi connectivity index (χ1v) is 10.7. The number of benzene rings is 1. The largest absolute Gasteiger partial charge is 0.352 e. The van der Waals surface area contributed by atoms with Gasteiger partial charge in [0, 0.05) is 18.3 Å². The fourth-order valence-corrected chi connectivity index (χ4v) is 5.61. The van der Waals surface area contributed by atoms with Gasteiger partial charge in [-0.05, 0) is 37.3 Å². The summed E-state index contributed by atoms with van der Waals surface area (Å²) in [5.41, 5.74) is 2.15. The number of amides is 2. The van der Waals surface area contributed by atoms with Gasteiger partial charge in [-0.25, -0.2) is 8.42 Å². The van der Waals surface area contributed by atoms with Crippen LogP contribution in [0.1, 0.15) is 24.8 Å². The number of sulfone groups is 1. The molecule has 1 aromatic carbocycles. The Bertz CT molecular complexity index is 820. The van der Waals surface area contributed by atoms with Gasteiger partial charge in [0.1, 0.15) is 0 Å². The first-order chi connectivity index (χ1) is 11.9. The molecular weight excluding hydrogens is 340 g/mol. The average molecular weight is 362 g/mol. The third-order valence-corrected chi connectivity index (χ3v) is 7.17. The summed E-state index contributed by atoms with van der Waals surface area (Å²) in [6, 6.07) is 7.63. The van der Waals surface area contributed by atoms with E-state index in [0.29, 0.717) is 19.4 Å². The maximum Gasteiger partial charge on any atom is 0.230 e. The van der Waals surface area contributed by atoms with Crippen molar-refractivity contribution >= 4 is 27.3 Å². The molecule has 1 saturated heterocycles. The first kappa shape index (κ1) is 16.6. The van der Waals surface area contributed by atoms with Crippen LogP contribution < -0.4 is 10.2 Å². The maximum atomic E-state index is 12.8. The summed E-state index contributed by atoms with van der Waals surface area (Å²) < 4.78 is 23.0. The van der Waals surface area contributed by atoms with Crippen LogP contribution in [-0.2, 0) is 25.8 Å². The van der Waals surface area contributed by atoms with Gasteiger partial charge in [0.25, 0.3) is 0 Å². The van der Waals surface area contributed by atoms with E-state index in [0.717, 1.165) is 18.5 Å². The molecular formula is C18H22N2O4S. The van der Waals surface area contributed by atoms with Crippen molar-refractivity contribution in [2.45, 2.75) is 31.7 Å². The number of anilines is 1. The number of hydrogen-bond donors (Lipinski definition) is 1. The summed E-state index contributed by atoms with van der Waals surface area (Å²) in [4.78, 5) is 27.0. The number of nitrogens with one attached hydrogen (secondary N) is 1. The maximum absolute atomic E-state index is 12.8. The van der Waals surface area contributed by atoms with Crippen molar-refractivity contribution in [3.05, 3.63) is 29.8 Å². The van der Waals surface area contributed by atoms with Gasteiger partial charge in [0.05, 0.1) is 23.3 Å². The number of carbonyl (C=O) groups excluding carboxylic acids is 2. The Hall–Kier alpha value is -1.89. The molecule has 1 aliphatic carbocycles. The normalized spacial score (nSPS) is 29.8. The molecule has 1 aromatic rings. The number of aryl methyl sites for hydroxylation is 1. The van der Waals surface area contributed by atoms with Gasteiger partial charge >= 0.3 is 0 Å². The van der Waals surface area contributed by atoms with Gasteiger partial charge < -0.3 is 10.2 Å². The predicted molar refractivity (Wildman–Crippen MR) is 93.9 cm³/mol. The lowest BCUT2D eigenvalue weighted by atomic mass is 10.0. The third-order valence-electron chi connectivity index (χ3n) is 5.40. The Morgan fingerprint density at radius 3 is 2.72 bits per heavy atom. The second-order valence-electron chi connectivity index (χ2n) is 7.28. The van der Waals surface area contributed by atoms with E-state index in [1.165, 1.54) is 5.56 Å². The predicted octanol–water partition coefficient (Wildman–Crippen LogP) is 0.905. The highest BCUT2D eigenvalue weighted by molar-refractivity contribution is 7.91. The minimum Gasteiger partial charge on any atom is -0.352 e. The van der Waals surface area contributed by atoms with Gasteiger partial charge in [-0.2, -0.15) is 0 Å². The van der Waals surface area contributed by atoms with E-state index < -0.39 is 9.84 Å². The molecule has 0 spiro atoms. The molecule has 3 aliphatic rings. The fraction of sp³-hybridized carbons (Fsp3) is 0.556. The van der Waals surface area contributed by atoms with Crippen molar-refractivity contribution in [3.8, 4) is 0 Å². The van der Waals surface area contributed by atoms with Gasteiger partial charge in [0.2, 0.25) is 11.8 Å². The third kappa shape index (κ3) is 3.29. The SMILES string of the molecule is O=C(NC1CCS(=O)(=O)C1)C1CC1C(=O)N1CCCc2ccccc21. The minimum atomic E-state index is -3.02. The van der Waals surface area contributed by atoms with E-state index in [2.05, 4.69) is 5.32 Å². The highest BCUT2D eigenvalue weighted by atomic mass is 32.2. The number of fused-ring (bicyclic) bond motifs is 1. The van der Waals surface area contributed by atoms with Crippen LogP contribution >= 0.6 is 0 Å². The number of hydrogen-bond acceptors (Lipinski definition) is 4. The lowest BCUT2D eigenvalue weighted by molar-refractivity contribution is -0.126. The number of carbonyl (C=O) groups is 2. The van der Waals surface area contributed by atoms with Crippen LogP contribution in [0.4, 0.5) is 5.69 Å². The Morgan fingerprint density at radius 2 is 1.96 bits per heavy atom. The molecule has 0 radical (unpaired) electrons. The summed E-state index contributed by atoms with van der Waals surface area (Å²) in [6.07, 6.45) is 2.94. The molecule has 1 saturated carbocycles. The zero-order valence-corrected chi connectivity index (χ0v) is 14.8. The summed E-state index contributed by atoms with van der Waals surface area (Å²) in [5.74, 6) is -0.592. The standard InChI is InChI=1S/C18H22N2O4S/c21-17(19-13-7-9-25(23,24)11-13)14-10-15(14)18(22)20-8-3-5-12-4-1-2-6-16(12)20/h1-2,4,6,13-15H,3,5,7-11H2,(H,19,21). The van der Waals surface area contributed by atoms with Crippen molar-refractivity contribution in [2.24, 2.45) is 11.8 Å². The minimum absolute atomic E-state index is 0.0174. The van der Waals surface area contributed by atoms with E-state index in [4.69, 9.17) is 0 Å². The van der Waals surface area contributed by atoms with Crippen LogP contribution in [0.25, 0.3) is 0 Å². The average Bonchev–Trinajstić information content (AvgIpc) is 3.32. The van der Waals surface area contributed by atoms with Crippen molar-refractivity contribution in [3.63, 3.8) is 0 Å². The highest BCUT2D eigenvalue weighted by Gasteiger charge is 2.50. The Kier molecular flexibility index (Phi) is 4.06. The molecule has 1 N–H and O–H groups in total. The molecule has 2 aliphatic heterocycles. The lowest BCUT2D eigenvalue weighted by Crippen LogP contribution is -2.40. The van der Waals surface area contributed by atoms with Crippen molar-refractivity contribution in [1.82, 2.24) is 5.32 Å². The summed E-state index contributed by atoms with van der Waals surface area (Å²) >= 11 is 0. The highest BCUT2D eigenvalue weighted by Crippen LogP contribution is 2.42. The second kappa shape index (κ2) is 6.12. The van der Waals surface area contributed by atoms with Crippen LogP contribution in [0.2, 0.25) is 0 Å². The zero-order valence-electron chi connectivity index (χ0n) is 14.0. The smallest absolute Gasteiger partial charge is 0.230 e. The summed E-state index contributed by atoms with van der Waals surface area (Å²) in [6.45, 7) is 0.696. The van der Waals surface area contributed by atoms with E-state index >= 15 is 0 Å². The van der Waals surface area contributed by atoms with Crippen LogP contribution in [-0.4, -0.2) is 44.3 Å².